The van der Waals surface area contributed by atoms with Crippen molar-refractivity contribution in [3.05, 3.63) is 0 Å². The maximum Gasteiger partial charge on any atom is 0.338 e. The second kappa shape index (κ2) is 9.64. The maximum absolute atomic E-state index is 13.5. The van der Waals surface area contributed by atoms with Crippen LogP contribution in [0.15, 0.2) is 0 Å². The standard InChI is InChI=1S/C28H48O6/c1-15(2)19-11-9-17(5)13-21(19)28-25(33-27(7,8)34-28)23(29)24(32-28)26(30)31-22-14-18(6)10-12-20(22)16(3)4/h15-25,29H,9-14H2,1-8H3/t17-,18?,19+,20?,21-,22?,23+,24+,25-,28-/m1/s1. The van der Waals surface area contributed by atoms with Crippen molar-refractivity contribution in [3.8, 4) is 0 Å². The molecule has 6 nitrogen and oxygen atoms in total. The zero-order valence-corrected chi connectivity index (χ0v) is 22.6. The molecule has 0 aromatic rings. The Kier molecular flexibility index (Phi) is 7.48. The Morgan fingerprint density at radius 1 is 0.912 bits per heavy atom. The summed E-state index contributed by atoms with van der Waals surface area (Å²) in [5, 5.41) is 11.4. The lowest BCUT2D eigenvalue weighted by atomic mass is 9.66. The van der Waals surface area contributed by atoms with Crippen LogP contribution in [-0.4, -0.2) is 47.1 Å². The van der Waals surface area contributed by atoms with Crippen molar-refractivity contribution in [1.82, 2.24) is 0 Å². The molecule has 2 saturated carbocycles. The summed E-state index contributed by atoms with van der Waals surface area (Å²) < 4.78 is 25.4. The topological polar surface area (TPSA) is 74.2 Å². The van der Waals surface area contributed by atoms with Gasteiger partial charge in [0.2, 0.25) is 5.79 Å². The summed E-state index contributed by atoms with van der Waals surface area (Å²) in [4.78, 5) is 13.5. The van der Waals surface area contributed by atoms with Crippen molar-refractivity contribution in [2.24, 2.45) is 41.4 Å². The van der Waals surface area contributed by atoms with E-state index in [-0.39, 0.29) is 12.0 Å². The molecule has 3 unspecified atom stereocenters. The average Bonchev–Trinajstić information content (AvgIpc) is 3.16. The van der Waals surface area contributed by atoms with Crippen LogP contribution in [0, 0.1) is 41.4 Å². The fourth-order valence-corrected chi connectivity index (χ4v) is 7.37. The Morgan fingerprint density at radius 3 is 2.12 bits per heavy atom. The van der Waals surface area contributed by atoms with Gasteiger partial charge in [-0.3, -0.25) is 0 Å². The van der Waals surface area contributed by atoms with Gasteiger partial charge in [-0.15, -0.1) is 0 Å². The van der Waals surface area contributed by atoms with Gasteiger partial charge in [0.1, 0.15) is 18.3 Å². The smallest absolute Gasteiger partial charge is 0.338 e. The Hall–Kier alpha value is -0.690. The zero-order chi connectivity index (χ0) is 25.0. The van der Waals surface area contributed by atoms with E-state index in [4.69, 9.17) is 18.9 Å². The molecule has 2 heterocycles. The molecule has 4 rings (SSSR count). The zero-order valence-electron chi connectivity index (χ0n) is 22.6. The molecule has 0 aromatic heterocycles. The van der Waals surface area contributed by atoms with Gasteiger partial charge in [0.15, 0.2) is 11.9 Å². The van der Waals surface area contributed by atoms with E-state index in [0.29, 0.717) is 35.5 Å². The van der Waals surface area contributed by atoms with Gasteiger partial charge in [-0.1, -0.05) is 54.4 Å². The number of aliphatic hydroxyl groups is 1. The van der Waals surface area contributed by atoms with Crippen molar-refractivity contribution in [1.29, 1.82) is 0 Å². The third-order valence-electron chi connectivity index (χ3n) is 9.14. The minimum atomic E-state index is -1.13. The first kappa shape index (κ1) is 26.4. The highest BCUT2D eigenvalue weighted by Gasteiger charge is 2.70. The molecule has 0 bridgehead atoms. The molecule has 6 heteroatoms. The van der Waals surface area contributed by atoms with Gasteiger partial charge in [-0.25, -0.2) is 4.79 Å². The second-order valence-electron chi connectivity index (χ2n) is 13.0. The van der Waals surface area contributed by atoms with Crippen LogP contribution in [0.2, 0.25) is 0 Å². The van der Waals surface area contributed by atoms with Gasteiger partial charge in [-0.2, -0.15) is 0 Å². The Balaban J connectivity index is 1.59. The first-order valence-corrected chi connectivity index (χ1v) is 13.8. The number of carbonyl (C=O) groups excluding carboxylic acids is 1. The Bertz CT molecular complexity index is 734. The van der Waals surface area contributed by atoms with Crippen molar-refractivity contribution in [2.45, 2.75) is 130 Å². The number of fused-ring (bicyclic) bond motifs is 1. The van der Waals surface area contributed by atoms with Gasteiger partial charge in [0, 0.05) is 5.92 Å². The van der Waals surface area contributed by atoms with Crippen LogP contribution < -0.4 is 0 Å². The van der Waals surface area contributed by atoms with Crippen LogP contribution in [0.5, 0.6) is 0 Å². The van der Waals surface area contributed by atoms with E-state index in [1.54, 1.807) is 0 Å². The summed E-state index contributed by atoms with van der Waals surface area (Å²) >= 11 is 0. The third kappa shape index (κ3) is 4.81. The van der Waals surface area contributed by atoms with Crippen LogP contribution in [0.4, 0.5) is 0 Å². The number of esters is 1. The first-order chi connectivity index (χ1) is 15.8. The first-order valence-electron chi connectivity index (χ1n) is 13.8. The van der Waals surface area contributed by atoms with Gasteiger partial charge in [-0.05, 0) is 75.0 Å². The Labute approximate surface area is 206 Å². The van der Waals surface area contributed by atoms with E-state index in [1.807, 2.05) is 13.8 Å². The summed E-state index contributed by atoms with van der Waals surface area (Å²) in [6, 6.07) is 0. The molecule has 4 aliphatic rings. The fraction of sp³-hybridized carbons (Fsp3) is 0.964. The normalized spacial score (nSPS) is 46.6. The monoisotopic (exact) mass is 480 g/mol. The van der Waals surface area contributed by atoms with Crippen molar-refractivity contribution >= 4 is 5.97 Å². The van der Waals surface area contributed by atoms with Crippen LogP contribution in [0.1, 0.15) is 93.9 Å². The quantitative estimate of drug-likeness (QED) is 0.538. The summed E-state index contributed by atoms with van der Waals surface area (Å²) in [5.74, 6) is 0.217. The number of hydrogen-bond donors (Lipinski definition) is 1. The lowest BCUT2D eigenvalue weighted by molar-refractivity contribution is -0.296. The largest absolute Gasteiger partial charge is 0.460 e. The molecule has 2 saturated heterocycles. The lowest BCUT2D eigenvalue weighted by Crippen LogP contribution is -2.52. The highest BCUT2D eigenvalue weighted by Crippen LogP contribution is 2.56. The minimum Gasteiger partial charge on any atom is -0.460 e. The SMILES string of the molecule is CC1CCC(C(C)C)C(OC(=O)[C@H]2O[C@]3([C@@H]4C[C@H](C)CC[C@H]4C(C)C)OC(C)(C)O[C@@H]3[C@H]2O)C1. The molecule has 196 valence electrons. The number of hydrogen-bond acceptors (Lipinski definition) is 6. The molecule has 34 heavy (non-hydrogen) atoms. The summed E-state index contributed by atoms with van der Waals surface area (Å²) in [6.45, 7) is 17.1. The van der Waals surface area contributed by atoms with Gasteiger partial charge in [0.25, 0.3) is 0 Å². The molecular formula is C28H48O6. The molecule has 0 aromatic carbocycles. The maximum atomic E-state index is 13.5. The van der Waals surface area contributed by atoms with E-state index < -0.39 is 35.9 Å². The minimum absolute atomic E-state index is 0.0496. The summed E-state index contributed by atoms with van der Waals surface area (Å²) in [6.07, 6.45) is 3.24. The van der Waals surface area contributed by atoms with Gasteiger partial charge in [0.05, 0.1) is 0 Å². The van der Waals surface area contributed by atoms with Crippen molar-refractivity contribution in [2.75, 3.05) is 0 Å². The second-order valence-corrected chi connectivity index (χ2v) is 13.0. The van der Waals surface area contributed by atoms with Crippen LogP contribution in [-0.2, 0) is 23.7 Å². The van der Waals surface area contributed by atoms with Gasteiger partial charge >= 0.3 is 5.97 Å². The number of aliphatic hydroxyl groups excluding tert-OH is 1. The Morgan fingerprint density at radius 2 is 1.50 bits per heavy atom. The molecule has 2 aliphatic carbocycles. The summed E-state index contributed by atoms with van der Waals surface area (Å²) in [5.41, 5.74) is 0. The predicted molar refractivity (Wildman–Crippen MR) is 130 cm³/mol. The molecule has 0 radical (unpaired) electrons. The number of carbonyl (C=O) groups is 1. The van der Waals surface area contributed by atoms with E-state index >= 15 is 0 Å². The highest BCUT2D eigenvalue weighted by molar-refractivity contribution is 5.76. The van der Waals surface area contributed by atoms with Crippen molar-refractivity contribution in [3.63, 3.8) is 0 Å². The molecular weight excluding hydrogens is 432 g/mol. The van der Waals surface area contributed by atoms with Crippen LogP contribution >= 0.6 is 0 Å². The van der Waals surface area contributed by atoms with Crippen molar-refractivity contribution < 1.29 is 28.8 Å². The number of ether oxygens (including phenoxy) is 4. The molecule has 10 atom stereocenters. The average molecular weight is 481 g/mol. The molecule has 1 N–H and O–H groups in total. The predicted octanol–water partition coefficient (Wildman–Crippen LogP) is 5.31. The summed E-state index contributed by atoms with van der Waals surface area (Å²) in [7, 11) is 0. The third-order valence-corrected chi connectivity index (χ3v) is 9.14. The van der Waals surface area contributed by atoms with E-state index in [0.717, 1.165) is 32.1 Å². The molecule has 0 amide bonds. The van der Waals surface area contributed by atoms with Crippen LogP contribution in [0.3, 0.4) is 0 Å². The van der Waals surface area contributed by atoms with Gasteiger partial charge < -0.3 is 24.1 Å². The van der Waals surface area contributed by atoms with E-state index in [1.165, 1.54) is 6.42 Å². The van der Waals surface area contributed by atoms with E-state index in [9.17, 15) is 9.90 Å². The molecule has 4 fully saturated rings. The highest BCUT2D eigenvalue weighted by atomic mass is 16.9. The molecule has 0 spiro atoms. The lowest BCUT2D eigenvalue weighted by Gasteiger charge is -2.46. The fourth-order valence-electron chi connectivity index (χ4n) is 7.37. The number of rotatable bonds is 5. The van der Waals surface area contributed by atoms with E-state index in [2.05, 4.69) is 41.5 Å². The van der Waals surface area contributed by atoms with Crippen LogP contribution in [0.25, 0.3) is 0 Å². The molecule has 2 aliphatic heterocycles.